The number of rotatable bonds is 3. The summed E-state index contributed by atoms with van der Waals surface area (Å²) in [7, 11) is -2.54. The molecule has 1 aromatic carbocycles. The second-order valence-corrected chi connectivity index (χ2v) is 8.02. The lowest BCUT2D eigenvalue weighted by Gasteiger charge is -2.38. The summed E-state index contributed by atoms with van der Waals surface area (Å²) in [4.78, 5) is -0.538. The average Bonchev–Trinajstić information content (AvgIpc) is 2.37. The maximum Gasteiger partial charge on any atom is 0.247 e. The number of sulfonamides is 1. The van der Waals surface area contributed by atoms with Crippen LogP contribution in [0.1, 0.15) is 19.8 Å². The number of methoxy groups -OCH3 is 1. The van der Waals surface area contributed by atoms with Gasteiger partial charge in [0.2, 0.25) is 10.0 Å². The second-order valence-electron chi connectivity index (χ2n) is 5.29. The maximum absolute atomic E-state index is 13.9. The zero-order valence-electron chi connectivity index (χ0n) is 11.7. The second kappa shape index (κ2) is 5.91. The van der Waals surface area contributed by atoms with Crippen LogP contribution in [-0.2, 0) is 14.8 Å². The standard InChI is InChI=1S/C13H16BrF2NO3S/c1-13(20-2)4-3-5-17(8-13)21(18,19)12-10(14)6-9(15)7-11(12)16/h6-7H,3-5,8H2,1-2H3. The molecule has 0 saturated carbocycles. The van der Waals surface area contributed by atoms with Crippen LogP contribution in [0.4, 0.5) is 8.78 Å². The van der Waals surface area contributed by atoms with E-state index in [1.54, 1.807) is 0 Å². The Labute approximate surface area is 131 Å². The summed E-state index contributed by atoms with van der Waals surface area (Å²) in [6.07, 6.45) is 1.34. The van der Waals surface area contributed by atoms with Gasteiger partial charge in [-0.3, -0.25) is 0 Å². The lowest BCUT2D eigenvalue weighted by molar-refractivity contribution is -0.0319. The minimum absolute atomic E-state index is 0.121. The Morgan fingerprint density at radius 1 is 1.38 bits per heavy atom. The van der Waals surface area contributed by atoms with Crippen LogP contribution in [0.3, 0.4) is 0 Å². The van der Waals surface area contributed by atoms with Crippen molar-refractivity contribution in [1.29, 1.82) is 0 Å². The molecule has 1 saturated heterocycles. The van der Waals surface area contributed by atoms with Crippen LogP contribution >= 0.6 is 15.9 Å². The van der Waals surface area contributed by atoms with E-state index >= 15 is 0 Å². The highest BCUT2D eigenvalue weighted by Crippen LogP contribution is 2.33. The van der Waals surface area contributed by atoms with E-state index < -0.39 is 32.2 Å². The van der Waals surface area contributed by atoms with Gasteiger partial charge in [0.05, 0.1) is 5.60 Å². The van der Waals surface area contributed by atoms with Crippen LogP contribution in [0.25, 0.3) is 0 Å². The molecule has 0 aromatic heterocycles. The van der Waals surface area contributed by atoms with Gasteiger partial charge in [0.25, 0.3) is 0 Å². The number of benzene rings is 1. The van der Waals surface area contributed by atoms with Crippen LogP contribution in [0, 0.1) is 11.6 Å². The van der Waals surface area contributed by atoms with Crippen LogP contribution in [0.2, 0.25) is 0 Å². The molecule has 1 unspecified atom stereocenters. The molecule has 1 atom stereocenters. The molecule has 4 nitrogen and oxygen atoms in total. The highest BCUT2D eigenvalue weighted by atomic mass is 79.9. The van der Waals surface area contributed by atoms with Crippen molar-refractivity contribution in [3.05, 3.63) is 28.2 Å². The molecular weight excluding hydrogens is 368 g/mol. The van der Waals surface area contributed by atoms with Gasteiger partial charge in [0.15, 0.2) is 0 Å². The maximum atomic E-state index is 13.9. The predicted octanol–water partition coefficient (Wildman–Crippen LogP) is 2.92. The molecule has 1 fully saturated rings. The van der Waals surface area contributed by atoms with Crippen molar-refractivity contribution in [2.45, 2.75) is 30.3 Å². The summed E-state index contributed by atoms with van der Waals surface area (Å²) in [5, 5.41) is 0. The van der Waals surface area contributed by atoms with E-state index in [2.05, 4.69) is 15.9 Å². The number of ether oxygens (including phenoxy) is 1. The smallest absolute Gasteiger partial charge is 0.247 e. The third-order valence-corrected chi connectivity index (χ3v) is 6.49. The molecule has 1 aromatic rings. The van der Waals surface area contributed by atoms with Crippen molar-refractivity contribution in [2.75, 3.05) is 20.2 Å². The van der Waals surface area contributed by atoms with Crippen molar-refractivity contribution in [3.8, 4) is 0 Å². The molecule has 0 spiro atoms. The molecule has 0 radical (unpaired) electrons. The van der Waals surface area contributed by atoms with E-state index in [4.69, 9.17) is 4.74 Å². The summed E-state index contributed by atoms with van der Waals surface area (Å²) in [5.74, 6) is -1.94. The summed E-state index contributed by atoms with van der Waals surface area (Å²) in [5.41, 5.74) is -0.603. The minimum Gasteiger partial charge on any atom is -0.377 e. The molecule has 0 amide bonds. The van der Waals surface area contributed by atoms with Gasteiger partial charge in [0.1, 0.15) is 16.5 Å². The van der Waals surface area contributed by atoms with E-state index in [1.807, 2.05) is 6.92 Å². The number of piperidine rings is 1. The van der Waals surface area contributed by atoms with Crippen molar-refractivity contribution in [2.24, 2.45) is 0 Å². The van der Waals surface area contributed by atoms with Crippen molar-refractivity contribution in [3.63, 3.8) is 0 Å². The Hall–Kier alpha value is -0.570. The van der Waals surface area contributed by atoms with Crippen molar-refractivity contribution in [1.82, 2.24) is 4.31 Å². The number of hydrogen-bond acceptors (Lipinski definition) is 3. The summed E-state index contributed by atoms with van der Waals surface area (Å²) >= 11 is 2.93. The van der Waals surface area contributed by atoms with Crippen LogP contribution in [0.5, 0.6) is 0 Å². The Morgan fingerprint density at radius 2 is 2.05 bits per heavy atom. The molecular formula is C13H16BrF2NO3S. The molecule has 0 aliphatic carbocycles. The van der Waals surface area contributed by atoms with E-state index in [0.29, 0.717) is 12.5 Å². The lowest BCUT2D eigenvalue weighted by Crippen LogP contribution is -2.49. The monoisotopic (exact) mass is 383 g/mol. The molecule has 21 heavy (non-hydrogen) atoms. The zero-order chi connectivity index (χ0) is 15.8. The van der Waals surface area contributed by atoms with E-state index in [1.165, 1.54) is 11.4 Å². The fourth-order valence-corrected chi connectivity index (χ4v) is 5.14. The first-order valence-corrected chi connectivity index (χ1v) is 8.63. The zero-order valence-corrected chi connectivity index (χ0v) is 14.1. The first-order valence-electron chi connectivity index (χ1n) is 6.39. The van der Waals surface area contributed by atoms with E-state index in [-0.39, 0.29) is 17.6 Å². The summed E-state index contributed by atoms with van der Waals surface area (Å²) < 4.78 is 58.7. The largest absolute Gasteiger partial charge is 0.377 e. The van der Waals surface area contributed by atoms with Gasteiger partial charge < -0.3 is 4.74 Å². The Balaban J connectivity index is 2.43. The molecule has 0 N–H and O–H groups in total. The highest BCUT2D eigenvalue weighted by Gasteiger charge is 2.39. The Kier molecular flexibility index (Phi) is 4.72. The molecule has 8 heteroatoms. The number of nitrogens with zero attached hydrogens (tertiary/aromatic N) is 1. The highest BCUT2D eigenvalue weighted by molar-refractivity contribution is 9.10. The number of hydrogen-bond donors (Lipinski definition) is 0. The molecule has 1 aliphatic rings. The van der Waals surface area contributed by atoms with Gasteiger partial charge in [-0.1, -0.05) is 0 Å². The van der Waals surface area contributed by atoms with Gasteiger partial charge in [0, 0.05) is 30.7 Å². The van der Waals surface area contributed by atoms with Gasteiger partial charge in [-0.2, -0.15) is 4.31 Å². The number of halogens is 3. The van der Waals surface area contributed by atoms with Crippen LogP contribution in [-0.4, -0.2) is 38.5 Å². The van der Waals surface area contributed by atoms with Gasteiger partial charge >= 0.3 is 0 Å². The van der Waals surface area contributed by atoms with Gasteiger partial charge in [-0.25, -0.2) is 17.2 Å². The fraction of sp³-hybridized carbons (Fsp3) is 0.538. The molecule has 2 rings (SSSR count). The Bertz CT molecular complexity index is 630. The predicted molar refractivity (Wildman–Crippen MR) is 77.5 cm³/mol. The lowest BCUT2D eigenvalue weighted by atomic mass is 9.96. The molecule has 0 bridgehead atoms. The third kappa shape index (κ3) is 3.28. The molecule has 1 aliphatic heterocycles. The summed E-state index contributed by atoms with van der Waals surface area (Å²) in [6, 6.07) is 1.51. The third-order valence-electron chi connectivity index (χ3n) is 3.68. The molecule has 1 heterocycles. The first-order chi connectivity index (χ1) is 9.69. The van der Waals surface area contributed by atoms with E-state index in [9.17, 15) is 17.2 Å². The summed E-state index contributed by atoms with van der Waals surface area (Å²) in [6.45, 7) is 2.23. The SMILES string of the molecule is COC1(C)CCCN(S(=O)(=O)c2c(F)cc(F)cc2Br)C1. The molecule has 118 valence electrons. The van der Waals surface area contributed by atoms with Gasteiger partial charge in [-0.05, 0) is 41.8 Å². The van der Waals surface area contributed by atoms with Gasteiger partial charge in [-0.15, -0.1) is 0 Å². The Morgan fingerprint density at radius 3 is 2.62 bits per heavy atom. The first kappa shape index (κ1) is 16.8. The topological polar surface area (TPSA) is 46.6 Å². The normalized spacial score (nSPS) is 24.2. The van der Waals surface area contributed by atoms with Crippen molar-refractivity contribution < 1.29 is 21.9 Å². The minimum atomic E-state index is -4.06. The fourth-order valence-electron chi connectivity index (χ4n) is 2.44. The average molecular weight is 384 g/mol. The van der Waals surface area contributed by atoms with Crippen molar-refractivity contribution >= 4 is 26.0 Å². The van der Waals surface area contributed by atoms with Crippen LogP contribution in [0.15, 0.2) is 21.5 Å². The van der Waals surface area contributed by atoms with E-state index in [0.717, 1.165) is 12.5 Å². The quantitative estimate of drug-likeness (QED) is 0.805. The van der Waals surface area contributed by atoms with Crippen LogP contribution < -0.4 is 0 Å².